The molecule has 6 heteroatoms. The van der Waals surface area contributed by atoms with Gasteiger partial charge >= 0.3 is 0 Å². The maximum Gasteiger partial charge on any atom is 0.243 e. The predicted molar refractivity (Wildman–Crippen MR) is 61.0 cm³/mol. The molecular weight excluding hydrogens is 220 g/mol. The van der Waals surface area contributed by atoms with E-state index >= 15 is 0 Å². The summed E-state index contributed by atoms with van der Waals surface area (Å²) in [6.07, 6.45) is 3.63. The summed E-state index contributed by atoms with van der Waals surface area (Å²) in [5.74, 6) is -0.172. The van der Waals surface area contributed by atoms with Crippen LogP contribution in [0, 0.1) is 5.92 Å². The lowest BCUT2D eigenvalue weighted by molar-refractivity contribution is -0.137. The molecule has 1 fully saturated rings. The molecule has 0 unspecified atom stereocenters. The molecule has 0 aliphatic carbocycles. The van der Waals surface area contributed by atoms with Crippen LogP contribution < -0.4 is 10.6 Å². The Labute approximate surface area is 99.2 Å². The van der Waals surface area contributed by atoms with E-state index in [0.29, 0.717) is 6.42 Å². The zero-order valence-corrected chi connectivity index (χ0v) is 9.86. The topological polar surface area (TPSA) is 86.9 Å². The van der Waals surface area contributed by atoms with Crippen molar-refractivity contribution in [2.45, 2.75) is 32.4 Å². The summed E-state index contributed by atoms with van der Waals surface area (Å²) in [7, 11) is 0. The van der Waals surface area contributed by atoms with Gasteiger partial charge in [-0.2, -0.15) is 0 Å². The highest BCUT2D eigenvalue weighted by molar-refractivity contribution is 5.97. The maximum atomic E-state index is 11.8. The molecule has 0 saturated carbocycles. The summed E-state index contributed by atoms with van der Waals surface area (Å²) >= 11 is 0. The highest BCUT2D eigenvalue weighted by Crippen LogP contribution is 2.09. The molecule has 2 rings (SSSR count). The van der Waals surface area contributed by atoms with E-state index in [1.807, 2.05) is 13.8 Å². The highest BCUT2D eigenvalue weighted by atomic mass is 16.2. The van der Waals surface area contributed by atoms with Gasteiger partial charge in [0.05, 0.1) is 6.33 Å². The van der Waals surface area contributed by atoms with E-state index in [0.717, 1.165) is 5.69 Å². The Morgan fingerprint density at radius 3 is 2.65 bits per heavy atom. The van der Waals surface area contributed by atoms with Gasteiger partial charge in [0.25, 0.3) is 0 Å². The van der Waals surface area contributed by atoms with Crippen LogP contribution in [0.15, 0.2) is 12.5 Å². The average molecular weight is 236 g/mol. The van der Waals surface area contributed by atoms with Crippen molar-refractivity contribution in [2.75, 3.05) is 0 Å². The molecule has 0 bridgehead atoms. The van der Waals surface area contributed by atoms with Crippen LogP contribution in [0.3, 0.4) is 0 Å². The number of hydrogen-bond acceptors (Lipinski definition) is 3. The number of aromatic amines is 1. The maximum absolute atomic E-state index is 11.8. The Balaban J connectivity index is 2.03. The lowest BCUT2D eigenvalue weighted by atomic mass is 9.98. The van der Waals surface area contributed by atoms with E-state index in [2.05, 4.69) is 20.6 Å². The van der Waals surface area contributed by atoms with Crippen LogP contribution in [-0.4, -0.2) is 33.9 Å². The van der Waals surface area contributed by atoms with Crippen LogP contribution >= 0.6 is 0 Å². The molecule has 0 radical (unpaired) electrons. The zero-order chi connectivity index (χ0) is 12.4. The van der Waals surface area contributed by atoms with E-state index in [9.17, 15) is 9.59 Å². The van der Waals surface area contributed by atoms with Crippen molar-refractivity contribution in [1.82, 2.24) is 20.6 Å². The molecule has 3 N–H and O–H groups in total. The van der Waals surface area contributed by atoms with Crippen molar-refractivity contribution >= 4 is 11.8 Å². The quantitative estimate of drug-likeness (QED) is 0.667. The molecule has 92 valence electrons. The van der Waals surface area contributed by atoms with Crippen LogP contribution in [0.5, 0.6) is 0 Å². The van der Waals surface area contributed by atoms with Crippen molar-refractivity contribution in [3.63, 3.8) is 0 Å². The fourth-order valence-corrected chi connectivity index (χ4v) is 1.88. The average Bonchev–Trinajstić information content (AvgIpc) is 2.75. The normalized spacial score (nSPS) is 24.6. The number of rotatable bonds is 3. The predicted octanol–water partition coefficient (Wildman–Crippen LogP) is -0.409. The van der Waals surface area contributed by atoms with Crippen LogP contribution in [0.4, 0.5) is 0 Å². The molecule has 17 heavy (non-hydrogen) atoms. The minimum atomic E-state index is -0.516. The lowest BCUT2D eigenvalue weighted by Gasteiger charge is -2.31. The number of amides is 2. The third-order valence-corrected chi connectivity index (χ3v) is 2.86. The van der Waals surface area contributed by atoms with Crippen molar-refractivity contribution in [3.8, 4) is 0 Å². The molecule has 1 saturated heterocycles. The minimum Gasteiger partial charge on any atom is -0.348 e. The third kappa shape index (κ3) is 2.46. The fourth-order valence-electron chi connectivity index (χ4n) is 1.88. The van der Waals surface area contributed by atoms with E-state index in [4.69, 9.17) is 0 Å². The molecule has 1 aliphatic heterocycles. The largest absolute Gasteiger partial charge is 0.348 e. The van der Waals surface area contributed by atoms with Gasteiger partial charge in [-0.15, -0.1) is 0 Å². The summed E-state index contributed by atoms with van der Waals surface area (Å²) in [6, 6.07) is -0.946. The van der Waals surface area contributed by atoms with E-state index in [1.54, 1.807) is 12.5 Å². The first-order valence-corrected chi connectivity index (χ1v) is 5.66. The first-order chi connectivity index (χ1) is 8.08. The summed E-state index contributed by atoms with van der Waals surface area (Å²) < 4.78 is 0. The number of piperazine rings is 1. The van der Waals surface area contributed by atoms with Gasteiger partial charge in [0, 0.05) is 18.3 Å². The van der Waals surface area contributed by atoms with Crippen LogP contribution in [0.25, 0.3) is 0 Å². The summed E-state index contributed by atoms with van der Waals surface area (Å²) in [5.41, 5.74) is 0.827. The minimum absolute atomic E-state index is 0.0899. The molecule has 1 aromatic rings. The number of nitrogens with one attached hydrogen (secondary N) is 3. The molecule has 1 aliphatic rings. The van der Waals surface area contributed by atoms with Crippen LogP contribution in [-0.2, 0) is 16.0 Å². The van der Waals surface area contributed by atoms with Gasteiger partial charge in [0.1, 0.15) is 12.1 Å². The molecule has 2 heterocycles. The van der Waals surface area contributed by atoms with Crippen molar-refractivity contribution in [1.29, 1.82) is 0 Å². The molecule has 0 spiro atoms. The number of nitrogens with zero attached hydrogens (tertiary/aromatic N) is 1. The SMILES string of the molecule is CC(C)[C@H]1NC(=O)[C@@H](Cc2cnc[nH]2)NC1=O. The molecular formula is C11H16N4O2. The Morgan fingerprint density at radius 1 is 1.29 bits per heavy atom. The molecule has 1 aromatic heterocycles. The molecule has 0 aromatic carbocycles. The van der Waals surface area contributed by atoms with Gasteiger partial charge in [0.15, 0.2) is 0 Å². The Hall–Kier alpha value is -1.85. The van der Waals surface area contributed by atoms with Crippen molar-refractivity contribution < 1.29 is 9.59 Å². The Morgan fingerprint density at radius 2 is 2.06 bits per heavy atom. The molecule has 2 amide bonds. The van der Waals surface area contributed by atoms with Crippen molar-refractivity contribution in [2.24, 2.45) is 5.92 Å². The number of hydrogen-bond donors (Lipinski definition) is 3. The smallest absolute Gasteiger partial charge is 0.243 e. The van der Waals surface area contributed by atoms with Gasteiger partial charge in [-0.3, -0.25) is 9.59 Å². The van der Waals surface area contributed by atoms with Gasteiger partial charge in [-0.05, 0) is 5.92 Å². The molecule has 2 atom stereocenters. The third-order valence-electron chi connectivity index (χ3n) is 2.86. The number of H-pyrrole nitrogens is 1. The number of aromatic nitrogens is 2. The van der Waals surface area contributed by atoms with Gasteiger partial charge in [-0.25, -0.2) is 4.98 Å². The van der Waals surface area contributed by atoms with Gasteiger partial charge in [0.2, 0.25) is 11.8 Å². The van der Waals surface area contributed by atoms with E-state index in [-0.39, 0.29) is 17.7 Å². The number of carbonyl (C=O) groups excluding carboxylic acids is 2. The second-order valence-corrected chi connectivity index (χ2v) is 4.57. The second-order valence-electron chi connectivity index (χ2n) is 4.57. The summed E-state index contributed by atoms with van der Waals surface area (Å²) in [6.45, 7) is 3.81. The van der Waals surface area contributed by atoms with Crippen LogP contribution in [0.2, 0.25) is 0 Å². The summed E-state index contributed by atoms with van der Waals surface area (Å²) in [5, 5.41) is 5.48. The Bertz CT molecular complexity index is 413. The number of imidazole rings is 1. The fraction of sp³-hybridized carbons (Fsp3) is 0.545. The van der Waals surface area contributed by atoms with E-state index < -0.39 is 12.1 Å². The van der Waals surface area contributed by atoms with Gasteiger partial charge in [-0.1, -0.05) is 13.8 Å². The lowest BCUT2D eigenvalue weighted by Crippen LogP contribution is -2.63. The highest BCUT2D eigenvalue weighted by Gasteiger charge is 2.35. The number of carbonyl (C=O) groups is 2. The molecule has 6 nitrogen and oxygen atoms in total. The first kappa shape index (κ1) is 11.6. The Kier molecular flexibility index (Phi) is 3.12. The standard InChI is InChI=1S/C11H16N4O2/c1-6(2)9-11(17)14-8(10(16)15-9)3-7-4-12-5-13-7/h4-6,8-9H,3H2,1-2H3,(H,12,13)(H,14,17)(H,15,16)/t8-,9-/m1/s1. The monoisotopic (exact) mass is 236 g/mol. The first-order valence-electron chi connectivity index (χ1n) is 5.66. The van der Waals surface area contributed by atoms with E-state index in [1.165, 1.54) is 0 Å². The second kappa shape index (κ2) is 4.57. The van der Waals surface area contributed by atoms with Gasteiger partial charge < -0.3 is 15.6 Å². The van der Waals surface area contributed by atoms with Crippen LogP contribution in [0.1, 0.15) is 19.5 Å². The summed E-state index contributed by atoms with van der Waals surface area (Å²) in [4.78, 5) is 30.4. The van der Waals surface area contributed by atoms with Crippen molar-refractivity contribution in [3.05, 3.63) is 18.2 Å². The zero-order valence-electron chi connectivity index (χ0n) is 9.86.